The van der Waals surface area contributed by atoms with Gasteiger partial charge in [0.05, 0.1) is 6.10 Å². The molecule has 0 saturated heterocycles. The molecule has 1 aromatic heterocycles. The number of hydrogen-bond acceptors (Lipinski definition) is 5. The molecule has 2 heterocycles. The first kappa shape index (κ1) is 14.8. The maximum absolute atomic E-state index is 9.70. The van der Waals surface area contributed by atoms with E-state index in [-0.39, 0.29) is 0 Å². The number of hydrogen-bond donors (Lipinski definition) is 2. The third-order valence-electron chi connectivity index (χ3n) is 4.02. The van der Waals surface area contributed by atoms with Gasteiger partial charge in [0.25, 0.3) is 0 Å². The summed E-state index contributed by atoms with van der Waals surface area (Å²) >= 11 is 0. The van der Waals surface area contributed by atoms with Crippen molar-refractivity contribution in [3.8, 4) is 0 Å². The minimum Gasteiger partial charge on any atom is -0.389 e. The number of fused-ring (bicyclic) bond motifs is 1. The quantitative estimate of drug-likeness (QED) is 0.908. The Hall–Kier alpha value is -2.14. The van der Waals surface area contributed by atoms with Gasteiger partial charge in [0, 0.05) is 25.8 Å². The molecule has 0 radical (unpaired) electrons. The predicted molar refractivity (Wildman–Crippen MR) is 88.0 cm³/mol. The van der Waals surface area contributed by atoms with E-state index in [4.69, 9.17) is 0 Å². The zero-order valence-electron chi connectivity index (χ0n) is 13.1. The molecular weight excluding hydrogens is 276 g/mol. The normalized spacial score (nSPS) is 15.3. The van der Waals surface area contributed by atoms with Gasteiger partial charge < -0.3 is 15.3 Å². The summed E-state index contributed by atoms with van der Waals surface area (Å²) in [6, 6.07) is 8.21. The summed E-state index contributed by atoms with van der Waals surface area (Å²) in [7, 11) is 0. The minimum atomic E-state index is -0.409. The molecule has 0 unspecified atom stereocenters. The minimum absolute atomic E-state index is 0.409. The summed E-state index contributed by atoms with van der Waals surface area (Å²) in [5.74, 6) is 1.63. The predicted octanol–water partition coefficient (Wildman–Crippen LogP) is 2.52. The molecule has 0 fully saturated rings. The van der Waals surface area contributed by atoms with Gasteiger partial charge >= 0.3 is 0 Å². The second-order valence-electron chi connectivity index (χ2n) is 5.64. The standard InChI is InChI=1S/C17H22N4O/c1-3-18-17-19-8-6-16(20-17)21-9-7-14-10-13(12(2)22)4-5-15(14)11-21/h4-6,8,10,12,22H,3,7,9,11H2,1-2H3,(H,18,19,20)/t12-/m1/s1. The Morgan fingerprint density at radius 3 is 2.95 bits per heavy atom. The molecule has 1 aliphatic rings. The molecular formula is C17H22N4O. The highest BCUT2D eigenvalue weighted by Crippen LogP contribution is 2.26. The number of nitrogens with zero attached hydrogens (tertiary/aromatic N) is 3. The van der Waals surface area contributed by atoms with Crippen LogP contribution in [0.5, 0.6) is 0 Å². The molecule has 3 rings (SSSR count). The second kappa shape index (κ2) is 6.32. The van der Waals surface area contributed by atoms with Gasteiger partial charge in [-0.1, -0.05) is 18.2 Å². The van der Waals surface area contributed by atoms with Gasteiger partial charge in [-0.2, -0.15) is 4.98 Å². The van der Waals surface area contributed by atoms with Gasteiger partial charge in [-0.25, -0.2) is 4.98 Å². The van der Waals surface area contributed by atoms with E-state index in [0.29, 0.717) is 5.95 Å². The van der Waals surface area contributed by atoms with Crippen LogP contribution < -0.4 is 10.2 Å². The summed E-state index contributed by atoms with van der Waals surface area (Å²) in [6.07, 6.45) is 2.36. The van der Waals surface area contributed by atoms with Gasteiger partial charge in [0.15, 0.2) is 0 Å². The van der Waals surface area contributed by atoms with Gasteiger partial charge in [0.2, 0.25) is 5.95 Å². The molecule has 5 nitrogen and oxygen atoms in total. The number of aliphatic hydroxyl groups is 1. The van der Waals surface area contributed by atoms with E-state index in [9.17, 15) is 5.11 Å². The zero-order valence-corrected chi connectivity index (χ0v) is 13.1. The Balaban J connectivity index is 1.81. The van der Waals surface area contributed by atoms with E-state index in [1.165, 1.54) is 11.1 Å². The van der Waals surface area contributed by atoms with E-state index >= 15 is 0 Å². The van der Waals surface area contributed by atoms with Crippen LogP contribution >= 0.6 is 0 Å². The number of anilines is 2. The van der Waals surface area contributed by atoms with Crippen molar-refractivity contribution < 1.29 is 5.11 Å². The highest BCUT2D eigenvalue weighted by Gasteiger charge is 2.18. The van der Waals surface area contributed by atoms with Crippen LogP contribution in [0.1, 0.15) is 36.6 Å². The first-order chi connectivity index (χ1) is 10.7. The van der Waals surface area contributed by atoms with Crippen molar-refractivity contribution in [1.29, 1.82) is 0 Å². The Labute approximate surface area is 131 Å². The van der Waals surface area contributed by atoms with Crippen LogP contribution in [0.3, 0.4) is 0 Å². The smallest absolute Gasteiger partial charge is 0.224 e. The van der Waals surface area contributed by atoms with E-state index in [1.54, 1.807) is 13.1 Å². The molecule has 0 amide bonds. The average molecular weight is 298 g/mol. The zero-order chi connectivity index (χ0) is 15.5. The topological polar surface area (TPSA) is 61.3 Å². The van der Waals surface area contributed by atoms with Crippen molar-refractivity contribution in [2.75, 3.05) is 23.3 Å². The van der Waals surface area contributed by atoms with Crippen molar-refractivity contribution in [1.82, 2.24) is 9.97 Å². The van der Waals surface area contributed by atoms with Crippen LogP contribution in [-0.4, -0.2) is 28.2 Å². The maximum atomic E-state index is 9.70. The highest BCUT2D eigenvalue weighted by molar-refractivity contribution is 5.47. The monoisotopic (exact) mass is 298 g/mol. The molecule has 1 aromatic carbocycles. The van der Waals surface area contributed by atoms with Crippen LogP contribution in [0.25, 0.3) is 0 Å². The molecule has 22 heavy (non-hydrogen) atoms. The third-order valence-corrected chi connectivity index (χ3v) is 4.02. The lowest BCUT2D eigenvalue weighted by molar-refractivity contribution is 0.199. The number of nitrogens with one attached hydrogen (secondary N) is 1. The highest BCUT2D eigenvalue weighted by atomic mass is 16.3. The van der Waals surface area contributed by atoms with Gasteiger partial charge in [0.1, 0.15) is 5.82 Å². The Morgan fingerprint density at radius 1 is 1.32 bits per heavy atom. The number of benzene rings is 1. The molecule has 0 aliphatic carbocycles. The molecule has 0 spiro atoms. The fourth-order valence-corrected chi connectivity index (χ4v) is 2.80. The molecule has 116 valence electrons. The van der Waals surface area contributed by atoms with Crippen LogP contribution in [0, 0.1) is 0 Å². The molecule has 0 bridgehead atoms. The Kier molecular flexibility index (Phi) is 4.24. The van der Waals surface area contributed by atoms with Crippen molar-refractivity contribution >= 4 is 11.8 Å². The van der Waals surface area contributed by atoms with Gasteiger partial charge in [-0.05, 0) is 43.0 Å². The van der Waals surface area contributed by atoms with Crippen molar-refractivity contribution in [2.24, 2.45) is 0 Å². The maximum Gasteiger partial charge on any atom is 0.224 e. The lowest BCUT2D eigenvalue weighted by atomic mass is 9.96. The van der Waals surface area contributed by atoms with Crippen LogP contribution in [0.4, 0.5) is 11.8 Å². The second-order valence-corrected chi connectivity index (χ2v) is 5.64. The van der Waals surface area contributed by atoms with Gasteiger partial charge in [-0.15, -0.1) is 0 Å². The van der Waals surface area contributed by atoms with Gasteiger partial charge in [-0.3, -0.25) is 0 Å². The Bertz CT molecular complexity index is 657. The first-order valence-electron chi connectivity index (χ1n) is 7.79. The molecule has 2 aromatic rings. The summed E-state index contributed by atoms with van der Waals surface area (Å²) in [4.78, 5) is 11.1. The number of aliphatic hydroxyl groups excluding tert-OH is 1. The van der Waals surface area contributed by atoms with Crippen molar-refractivity contribution in [3.05, 3.63) is 47.2 Å². The number of aromatic nitrogens is 2. The molecule has 5 heteroatoms. The largest absolute Gasteiger partial charge is 0.389 e. The van der Waals surface area contributed by atoms with Crippen LogP contribution in [0.15, 0.2) is 30.5 Å². The van der Waals surface area contributed by atoms with Crippen molar-refractivity contribution in [2.45, 2.75) is 32.9 Å². The molecule has 1 aliphatic heterocycles. The first-order valence-corrected chi connectivity index (χ1v) is 7.79. The van der Waals surface area contributed by atoms with Crippen molar-refractivity contribution in [3.63, 3.8) is 0 Å². The fourth-order valence-electron chi connectivity index (χ4n) is 2.80. The average Bonchev–Trinajstić information content (AvgIpc) is 2.54. The summed E-state index contributed by atoms with van der Waals surface area (Å²) in [5.41, 5.74) is 3.62. The fraction of sp³-hybridized carbons (Fsp3) is 0.412. The lowest BCUT2D eigenvalue weighted by Gasteiger charge is -2.30. The SMILES string of the molecule is CCNc1nccc(N2CCc3cc([C@@H](C)O)ccc3C2)n1. The Morgan fingerprint density at radius 2 is 2.18 bits per heavy atom. The summed E-state index contributed by atoms with van der Waals surface area (Å²) in [5, 5.41) is 12.9. The molecule has 2 N–H and O–H groups in total. The lowest BCUT2D eigenvalue weighted by Crippen LogP contribution is -2.31. The molecule has 0 saturated carbocycles. The third kappa shape index (κ3) is 3.04. The van der Waals surface area contributed by atoms with E-state index in [1.807, 2.05) is 19.1 Å². The van der Waals surface area contributed by atoms with Crippen LogP contribution in [-0.2, 0) is 13.0 Å². The summed E-state index contributed by atoms with van der Waals surface area (Å²) in [6.45, 7) is 6.43. The number of rotatable bonds is 4. The summed E-state index contributed by atoms with van der Waals surface area (Å²) < 4.78 is 0. The van der Waals surface area contributed by atoms with Crippen LogP contribution in [0.2, 0.25) is 0 Å². The van der Waals surface area contributed by atoms with E-state index < -0.39 is 6.10 Å². The molecule has 1 atom stereocenters. The van der Waals surface area contributed by atoms with E-state index in [2.05, 4.69) is 32.3 Å². The van der Waals surface area contributed by atoms with E-state index in [0.717, 1.165) is 37.4 Å².